The van der Waals surface area contributed by atoms with Crippen LogP contribution in [0.15, 0.2) is 55.5 Å². The van der Waals surface area contributed by atoms with Crippen molar-refractivity contribution in [1.82, 2.24) is 0 Å². The second-order valence-electron chi connectivity index (χ2n) is 5.23. The molecule has 2 rings (SSSR count). The van der Waals surface area contributed by atoms with Gasteiger partial charge in [0.05, 0.1) is 7.86 Å². The van der Waals surface area contributed by atoms with Crippen molar-refractivity contribution in [3.05, 3.63) is 67.0 Å². The molecule has 142 valence electrons. The molecule has 2 aromatic rings. The van der Waals surface area contributed by atoms with Crippen molar-refractivity contribution < 1.29 is 19.5 Å². The van der Waals surface area contributed by atoms with Crippen molar-refractivity contribution in [2.75, 3.05) is 6.61 Å². The molecule has 0 bridgehead atoms. The van der Waals surface area contributed by atoms with E-state index >= 15 is 0 Å². The van der Waals surface area contributed by atoms with Gasteiger partial charge in [-0.3, -0.25) is 0 Å². The number of ether oxygens (including phenoxy) is 1. The monoisotopic (exact) mass is 559 g/mol. The van der Waals surface area contributed by atoms with E-state index in [1.807, 2.05) is 30.3 Å². The highest BCUT2D eigenvalue weighted by Gasteiger charge is 2.18. The molecule has 0 spiro atoms. The van der Waals surface area contributed by atoms with Crippen LogP contribution in [-0.2, 0) is 16.2 Å². The van der Waals surface area contributed by atoms with E-state index in [0.717, 1.165) is 13.4 Å². The van der Waals surface area contributed by atoms with Crippen molar-refractivity contribution in [3.63, 3.8) is 0 Å². The summed E-state index contributed by atoms with van der Waals surface area (Å²) in [6.07, 6.45) is 1.91. The van der Waals surface area contributed by atoms with Gasteiger partial charge < -0.3 is 14.7 Å². The second-order valence-corrected chi connectivity index (χ2v) is 8.86. The lowest BCUT2D eigenvalue weighted by molar-refractivity contribution is -0.129. The van der Waals surface area contributed by atoms with E-state index in [9.17, 15) is 9.90 Å². The minimum Gasteiger partial charge on any atom is -0.488 e. The summed E-state index contributed by atoms with van der Waals surface area (Å²) in [5, 5.41) is 13.2. The Morgan fingerprint density at radius 2 is 1.96 bits per heavy atom. The highest BCUT2D eigenvalue weighted by Crippen LogP contribution is 2.29. The molecule has 5 nitrogen and oxygen atoms in total. The Balaban J connectivity index is 2.24. The summed E-state index contributed by atoms with van der Waals surface area (Å²) in [4.78, 5) is 16.5. The number of rotatable bonds is 8. The number of carbonyl (C=O) groups is 1. The van der Waals surface area contributed by atoms with Crippen LogP contribution in [-0.4, -0.2) is 23.4 Å². The quantitative estimate of drug-likeness (QED) is 0.320. The van der Waals surface area contributed by atoms with Crippen LogP contribution in [0.5, 0.6) is 5.75 Å². The summed E-state index contributed by atoms with van der Waals surface area (Å²) in [5.41, 5.74) is 1.97. The lowest BCUT2D eigenvalue weighted by Crippen LogP contribution is -2.18. The minimum atomic E-state index is -1.16. The number of nitrogens with zero attached hydrogens (tertiary/aromatic N) is 1. The van der Waals surface area contributed by atoms with Gasteiger partial charge in [-0.1, -0.05) is 35.5 Å². The smallest absolute Gasteiger partial charge is 0.358 e. The molecule has 0 aliphatic carbocycles. The number of hydrogen-bond donors (Lipinski definition) is 1. The fourth-order valence-electron chi connectivity index (χ4n) is 2.22. The van der Waals surface area contributed by atoms with Crippen LogP contribution in [0, 0.1) is 0 Å². The van der Waals surface area contributed by atoms with Gasteiger partial charge in [0.1, 0.15) is 19.0 Å². The molecule has 2 aromatic carbocycles. The molecule has 0 aliphatic rings. The molecule has 0 unspecified atom stereocenters. The first-order chi connectivity index (χ1) is 12.9. The lowest BCUT2D eigenvalue weighted by Gasteiger charge is -2.12. The molecule has 0 aliphatic heterocycles. The van der Waals surface area contributed by atoms with Crippen LogP contribution in [0.25, 0.3) is 6.08 Å². The van der Waals surface area contributed by atoms with E-state index in [-0.39, 0.29) is 18.9 Å². The van der Waals surface area contributed by atoms with E-state index in [0.29, 0.717) is 16.9 Å². The molecule has 0 atom stereocenters. The summed E-state index contributed by atoms with van der Waals surface area (Å²) < 4.78 is 7.50. The van der Waals surface area contributed by atoms with E-state index in [2.05, 4.69) is 52.9 Å². The molecule has 27 heavy (non-hydrogen) atoms. The third-order valence-corrected chi connectivity index (χ3v) is 4.45. The van der Waals surface area contributed by atoms with Gasteiger partial charge in [-0.25, -0.2) is 4.79 Å². The van der Waals surface area contributed by atoms with Gasteiger partial charge in [0.25, 0.3) is 0 Å². The van der Waals surface area contributed by atoms with Crippen molar-refractivity contribution in [1.29, 1.82) is 0 Å². The summed E-state index contributed by atoms with van der Waals surface area (Å²) in [5.74, 6) is -0.514. The molecule has 0 amide bonds. The summed E-state index contributed by atoms with van der Waals surface area (Å²) in [6.45, 7) is 2.21. The molecule has 0 fully saturated rings. The molecule has 0 saturated heterocycles. The lowest BCUT2D eigenvalue weighted by atomic mass is 10.0. The molecule has 0 radical (unpaired) electrons. The summed E-state index contributed by atoms with van der Waals surface area (Å²) >= 11 is 10.1. The van der Waals surface area contributed by atoms with Crippen LogP contribution in [0.2, 0.25) is 0 Å². The fraction of sp³-hybridized carbons (Fsp3) is 0.158. The molecule has 0 heterocycles. The Morgan fingerprint density at radius 3 is 2.59 bits per heavy atom. The molecule has 8 heteroatoms. The number of hydrogen-bond acceptors (Lipinski definition) is 4. The Kier molecular flexibility index (Phi) is 8.53. The van der Waals surface area contributed by atoms with Crippen molar-refractivity contribution in [3.8, 4) is 5.75 Å². The zero-order chi connectivity index (χ0) is 19.8. The standard InChI is InChI=1S/C19H16Br3NO4/c1-2-27-23-18(19(24)25)14-6-4-3-5-13(14)11-26-16-8-7-12(9-15(16)20)10-17(21)22/h3-10H,2,11H2,1H3,(H,24,25)/b23-18+. The zero-order valence-electron chi connectivity index (χ0n) is 14.3. The number of benzene rings is 2. The average Bonchev–Trinajstić information content (AvgIpc) is 2.61. The zero-order valence-corrected chi connectivity index (χ0v) is 19.0. The Hall–Kier alpha value is -1.64. The highest BCUT2D eigenvalue weighted by atomic mass is 79.9. The van der Waals surface area contributed by atoms with Gasteiger partial charge in [0, 0.05) is 5.56 Å². The van der Waals surface area contributed by atoms with Crippen LogP contribution in [0.4, 0.5) is 0 Å². The van der Waals surface area contributed by atoms with E-state index < -0.39 is 5.97 Å². The predicted octanol–water partition coefficient (Wildman–Crippen LogP) is 5.94. The van der Waals surface area contributed by atoms with Crippen LogP contribution < -0.4 is 4.74 Å². The van der Waals surface area contributed by atoms with E-state index in [1.54, 1.807) is 25.1 Å². The third kappa shape index (κ3) is 6.48. The van der Waals surface area contributed by atoms with Gasteiger partial charge >= 0.3 is 5.97 Å². The number of aliphatic carboxylic acids is 1. The van der Waals surface area contributed by atoms with Crippen molar-refractivity contribution in [2.24, 2.45) is 5.16 Å². The minimum absolute atomic E-state index is 0.155. The number of halogens is 3. The predicted molar refractivity (Wildman–Crippen MR) is 117 cm³/mol. The van der Waals surface area contributed by atoms with Crippen LogP contribution in [0.1, 0.15) is 23.6 Å². The molecule has 0 aromatic heterocycles. The Bertz CT molecular complexity index is 877. The molecular formula is C19H16Br3NO4. The highest BCUT2D eigenvalue weighted by molar-refractivity contribution is 9.28. The Morgan fingerprint density at radius 1 is 1.22 bits per heavy atom. The second kappa shape index (κ2) is 10.6. The molecule has 1 N–H and O–H groups in total. The number of carboxylic acids is 1. The molecule has 0 saturated carbocycles. The van der Waals surface area contributed by atoms with Crippen LogP contribution >= 0.6 is 47.8 Å². The van der Waals surface area contributed by atoms with E-state index in [4.69, 9.17) is 9.57 Å². The number of carboxylic acid groups (broad SMARTS) is 1. The first-order valence-electron chi connectivity index (χ1n) is 7.89. The normalized spacial score (nSPS) is 11.0. The largest absolute Gasteiger partial charge is 0.488 e. The Labute approximate surface area is 182 Å². The van der Waals surface area contributed by atoms with Crippen molar-refractivity contribution >= 4 is 65.5 Å². The first kappa shape index (κ1) is 21.7. The van der Waals surface area contributed by atoms with E-state index in [1.165, 1.54) is 0 Å². The van der Waals surface area contributed by atoms with Gasteiger partial charge in [-0.2, -0.15) is 0 Å². The third-order valence-electron chi connectivity index (χ3n) is 3.37. The topological polar surface area (TPSA) is 68.1 Å². The summed E-state index contributed by atoms with van der Waals surface area (Å²) in [7, 11) is 0. The maximum atomic E-state index is 11.5. The van der Waals surface area contributed by atoms with Gasteiger partial charge in [-0.15, -0.1) is 0 Å². The SMILES string of the molecule is CCO/N=C(/C(=O)O)c1ccccc1COc1ccc(C=C(Br)Br)cc1Br. The average molecular weight is 562 g/mol. The van der Waals surface area contributed by atoms with Gasteiger partial charge in [-0.05, 0) is 84.0 Å². The first-order valence-corrected chi connectivity index (χ1v) is 10.3. The maximum Gasteiger partial charge on any atom is 0.358 e. The van der Waals surface area contributed by atoms with Crippen LogP contribution in [0.3, 0.4) is 0 Å². The number of oxime groups is 1. The van der Waals surface area contributed by atoms with Gasteiger partial charge in [0.15, 0.2) is 5.71 Å². The fourth-order valence-corrected chi connectivity index (χ4v) is 3.25. The summed E-state index contributed by atoms with van der Waals surface area (Å²) in [6, 6.07) is 12.7. The van der Waals surface area contributed by atoms with Crippen molar-refractivity contribution in [2.45, 2.75) is 13.5 Å². The molecular weight excluding hydrogens is 546 g/mol. The maximum absolute atomic E-state index is 11.5. The van der Waals surface area contributed by atoms with Gasteiger partial charge in [0.2, 0.25) is 0 Å².